The van der Waals surface area contributed by atoms with Crippen molar-refractivity contribution in [1.82, 2.24) is 19.9 Å². The first-order valence-corrected chi connectivity index (χ1v) is 9.36. The molecule has 0 radical (unpaired) electrons. The lowest BCUT2D eigenvalue weighted by atomic mass is 10.1. The molecule has 130 valence electrons. The predicted molar refractivity (Wildman–Crippen MR) is 101 cm³/mol. The number of hydrogen-bond acceptors (Lipinski definition) is 5. The van der Waals surface area contributed by atoms with Crippen molar-refractivity contribution < 1.29 is 4.52 Å². The number of benzene rings is 2. The van der Waals surface area contributed by atoms with Crippen LogP contribution in [0.25, 0.3) is 5.69 Å². The van der Waals surface area contributed by atoms with Crippen molar-refractivity contribution in [2.45, 2.75) is 24.3 Å². The third-order valence-corrected chi connectivity index (χ3v) is 5.10. The van der Waals surface area contributed by atoms with Gasteiger partial charge in [0, 0.05) is 23.4 Å². The second-order valence-corrected chi connectivity index (χ2v) is 6.87. The average molecular weight is 362 g/mol. The molecule has 0 spiro atoms. The highest BCUT2D eigenvalue weighted by Gasteiger charge is 2.16. The number of para-hydroxylation sites is 1. The fraction of sp³-hybridized carbons (Fsp3) is 0.150. The first kappa shape index (κ1) is 16.6. The molecule has 4 rings (SSSR count). The van der Waals surface area contributed by atoms with E-state index in [1.165, 1.54) is 5.56 Å². The van der Waals surface area contributed by atoms with Crippen molar-refractivity contribution in [2.75, 3.05) is 0 Å². The van der Waals surface area contributed by atoms with Gasteiger partial charge in [0.25, 0.3) is 0 Å². The molecule has 4 aromatic rings. The molecule has 0 bridgehead atoms. The molecule has 2 aromatic heterocycles. The Labute approximate surface area is 156 Å². The summed E-state index contributed by atoms with van der Waals surface area (Å²) in [4.78, 5) is 0. The second kappa shape index (κ2) is 7.58. The van der Waals surface area contributed by atoms with E-state index < -0.39 is 0 Å². The van der Waals surface area contributed by atoms with Crippen LogP contribution in [0.1, 0.15) is 22.7 Å². The van der Waals surface area contributed by atoms with Gasteiger partial charge in [-0.25, -0.2) is 0 Å². The van der Waals surface area contributed by atoms with Crippen LogP contribution < -0.4 is 0 Å². The quantitative estimate of drug-likeness (QED) is 0.474. The summed E-state index contributed by atoms with van der Waals surface area (Å²) in [5.41, 5.74) is 3.35. The van der Waals surface area contributed by atoms with E-state index in [1.54, 1.807) is 18.0 Å². The summed E-state index contributed by atoms with van der Waals surface area (Å²) in [6.07, 6.45) is 2.49. The van der Waals surface area contributed by atoms with E-state index in [0.717, 1.165) is 40.2 Å². The number of rotatable bonds is 6. The minimum atomic E-state index is 0.732. The van der Waals surface area contributed by atoms with Gasteiger partial charge in [-0.2, -0.15) is 0 Å². The standard InChI is InChI=1S/C20H18N4OS/c1-15-17(13-21-25-15)14-26-20-23-22-19(12-16-8-4-2-5-9-16)24(20)18-10-6-3-7-11-18/h2-11,13H,12,14H2,1H3. The van der Waals surface area contributed by atoms with Crippen molar-refractivity contribution >= 4 is 11.8 Å². The van der Waals surface area contributed by atoms with Gasteiger partial charge in [-0.05, 0) is 24.6 Å². The summed E-state index contributed by atoms with van der Waals surface area (Å²) in [6.45, 7) is 1.92. The average Bonchev–Trinajstić information content (AvgIpc) is 3.27. The van der Waals surface area contributed by atoms with Gasteiger partial charge in [0.15, 0.2) is 5.16 Å². The number of thioether (sulfide) groups is 1. The summed E-state index contributed by atoms with van der Waals surface area (Å²) < 4.78 is 7.27. The zero-order valence-corrected chi connectivity index (χ0v) is 15.2. The van der Waals surface area contributed by atoms with Crippen molar-refractivity contribution in [1.29, 1.82) is 0 Å². The highest BCUT2D eigenvalue weighted by Crippen LogP contribution is 2.27. The lowest BCUT2D eigenvalue weighted by molar-refractivity contribution is 0.396. The Morgan fingerprint density at radius 1 is 0.962 bits per heavy atom. The van der Waals surface area contributed by atoms with Crippen LogP contribution in [0.4, 0.5) is 0 Å². The molecule has 0 amide bonds. The van der Waals surface area contributed by atoms with E-state index in [2.05, 4.69) is 44.2 Å². The maximum atomic E-state index is 5.15. The second-order valence-electron chi connectivity index (χ2n) is 5.93. The lowest BCUT2D eigenvalue weighted by Crippen LogP contribution is -2.03. The van der Waals surface area contributed by atoms with Gasteiger partial charge in [-0.3, -0.25) is 4.57 Å². The molecular formula is C20H18N4OS. The van der Waals surface area contributed by atoms with Crippen LogP contribution in [-0.2, 0) is 12.2 Å². The Morgan fingerprint density at radius 2 is 1.69 bits per heavy atom. The molecule has 0 saturated carbocycles. The molecule has 2 heterocycles. The predicted octanol–water partition coefficient (Wildman–Crippen LogP) is 4.45. The number of nitrogens with zero attached hydrogens (tertiary/aromatic N) is 4. The van der Waals surface area contributed by atoms with Gasteiger partial charge in [0.1, 0.15) is 11.6 Å². The molecule has 0 unspecified atom stereocenters. The summed E-state index contributed by atoms with van der Waals surface area (Å²) in [5, 5.41) is 13.6. The summed E-state index contributed by atoms with van der Waals surface area (Å²) in [7, 11) is 0. The maximum Gasteiger partial charge on any atom is 0.196 e. The summed E-state index contributed by atoms with van der Waals surface area (Å²) in [6, 6.07) is 20.5. The van der Waals surface area contributed by atoms with Crippen molar-refractivity contribution in [2.24, 2.45) is 0 Å². The lowest BCUT2D eigenvalue weighted by Gasteiger charge is -2.10. The van der Waals surface area contributed by atoms with E-state index >= 15 is 0 Å². The molecule has 2 aromatic carbocycles. The van der Waals surface area contributed by atoms with Gasteiger partial charge in [0.2, 0.25) is 0 Å². The Kier molecular flexibility index (Phi) is 4.84. The van der Waals surface area contributed by atoms with Crippen LogP contribution in [0.2, 0.25) is 0 Å². The fourth-order valence-electron chi connectivity index (χ4n) is 2.72. The Bertz CT molecular complexity index is 979. The Hall–Kier alpha value is -2.86. The van der Waals surface area contributed by atoms with Crippen molar-refractivity contribution in [3.05, 3.63) is 89.6 Å². The highest BCUT2D eigenvalue weighted by atomic mass is 32.2. The van der Waals surface area contributed by atoms with E-state index in [-0.39, 0.29) is 0 Å². The maximum absolute atomic E-state index is 5.15. The van der Waals surface area contributed by atoms with Gasteiger partial charge < -0.3 is 4.52 Å². The summed E-state index contributed by atoms with van der Waals surface area (Å²) in [5.74, 6) is 2.51. The molecule has 0 N–H and O–H groups in total. The molecule has 0 aliphatic carbocycles. The van der Waals surface area contributed by atoms with Gasteiger partial charge in [-0.15, -0.1) is 10.2 Å². The van der Waals surface area contributed by atoms with Crippen LogP contribution in [0, 0.1) is 6.92 Å². The van der Waals surface area contributed by atoms with E-state index in [1.807, 2.05) is 43.3 Å². The zero-order valence-electron chi connectivity index (χ0n) is 14.4. The molecule has 6 heteroatoms. The SMILES string of the molecule is Cc1oncc1CSc1nnc(Cc2ccccc2)n1-c1ccccc1. The minimum Gasteiger partial charge on any atom is -0.361 e. The van der Waals surface area contributed by atoms with Crippen LogP contribution in [0.5, 0.6) is 0 Å². The first-order chi connectivity index (χ1) is 12.8. The normalized spacial score (nSPS) is 11.0. The Morgan fingerprint density at radius 3 is 2.38 bits per heavy atom. The highest BCUT2D eigenvalue weighted by molar-refractivity contribution is 7.98. The molecule has 0 aliphatic rings. The van der Waals surface area contributed by atoms with Crippen molar-refractivity contribution in [3.63, 3.8) is 0 Å². The number of aromatic nitrogens is 4. The molecule has 26 heavy (non-hydrogen) atoms. The third kappa shape index (κ3) is 3.55. The topological polar surface area (TPSA) is 56.7 Å². The fourth-order valence-corrected chi connectivity index (χ4v) is 3.72. The molecule has 0 fully saturated rings. The Balaban J connectivity index is 1.66. The zero-order chi connectivity index (χ0) is 17.8. The van der Waals surface area contributed by atoms with Crippen LogP contribution in [0.15, 0.2) is 76.5 Å². The third-order valence-electron chi connectivity index (χ3n) is 4.13. The van der Waals surface area contributed by atoms with Gasteiger partial charge >= 0.3 is 0 Å². The van der Waals surface area contributed by atoms with E-state index in [4.69, 9.17) is 4.52 Å². The van der Waals surface area contributed by atoms with Crippen molar-refractivity contribution in [3.8, 4) is 5.69 Å². The van der Waals surface area contributed by atoms with Gasteiger partial charge in [0.05, 0.1) is 6.20 Å². The number of aryl methyl sites for hydroxylation is 1. The first-order valence-electron chi connectivity index (χ1n) is 8.38. The monoisotopic (exact) mass is 362 g/mol. The van der Waals surface area contributed by atoms with Crippen LogP contribution in [0.3, 0.4) is 0 Å². The number of hydrogen-bond donors (Lipinski definition) is 0. The van der Waals surface area contributed by atoms with E-state index in [9.17, 15) is 0 Å². The van der Waals surface area contributed by atoms with Gasteiger partial charge in [-0.1, -0.05) is 65.4 Å². The smallest absolute Gasteiger partial charge is 0.196 e. The minimum absolute atomic E-state index is 0.732. The molecule has 0 atom stereocenters. The molecule has 5 nitrogen and oxygen atoms in total. The molecule has 0 saturated heterocycles. The summed E-state index contributed by atoms with van der Waals surface area (Å²) >= 11 is 1.63. The largest absolute Gasteiger partial charge is 0.361 e. The molecule has 0 aliphatic heterocycles. The van der Waals surface area contributed by atoms with Crippen LogP contribution >= 0.6 is 11.8 Å². The molecular weight excluding hydrogens is 344 g/mol. The van der Waals surface area contributed by atoms with E-state index in [0.29, 0.717) is 0 Å². The van der Waals surface area contributed by atoms with Crippen LogP contribution in [-0.4, -0.2) is 19.9 Å².